The topological polar surface area (TPSA) is 63.4 Å². The van der Waals surface area contributed by atoms with Crippen molar-refractivity contribution in [2.75, 3.05) is 12.8 Å². The molecule has 2 aliphatic rings. The van der Waals surface area contributed by atoms with Gasteiger partial charge in [-0.1, -0.05) is 6.42 Å². The predicted molar refractivity (Wildman–Crippen MR) is 74.3 cm³/mol. The molecule has 2 fully saturated rings. The first kappa shape index (κ1) is 14.3. The Morgan fingerprint density at radius 2 is 1.89 bits per heavy atom. The van der Waals surface area contributed by atoms with Crippen LogP contribution in [0.15, 0.2) is 0 Å². The maximum atomic E-state index is 11.7. The van der Waals surface area contributed by atoms with Crippen molar-refractivity contribution >= 4 is 9.84 Å². The molecule has 0 radical (unpaired) electrons. The zero-order valence-corrected chi connectivity index (χ0v) is 12.3. The van der Waals surface area contributed by atoms with E-state index in [1.54, 1.807) is 0 Å². The van der Waals surface area contributed by atoms with Crippen LogP contribution in [0, 0.1) is 0 Å². The first-order valence-corrected chi connectivity index (χ1v) is 9.03. The quantitative estimate of drug-likeness (QED) is 0.820. The minimum Gasteiger partial charge on any atom is -0.328 e. The van der Waals surface area contributed by atoms with E-state index in [9.17, 15) is 8.42 Å². The van der Waals surface area contributed by atoms with Gasteiger partial charge in [0.2, 0.25) is 0 Å². The highest BCUT2D eigenvalue weighted by molar-refractivity contribution is 7.91. The highest BCUT2D eigenvalue weighted by Gasteiger charge is 2.35. The van der Waals surface area contributed by atoms with Crippen LogP contribution in [0.3, 0.4) is 0 Å². The van der Waals surface area contributed by atoms with Gasteiger partial charge < -0.3 is 5.73 Å². The molecule has 0 aromatic heterocycles. The van der Waals surface area contributed by atoms with E-state index < -0.39 is 9.84 Å². The zero-order valence-electron chi connectivity index (χ0n) is 11.5. The van der Waals surface area contributed by atoms with Crippen LogP contribution in [0.5, 0.6) is 0 Å². The number of likely N-dealkylation sites (tertiary alicyclic amines) is 1. The molecular weight excluding hydrogens is 248 g/mol. The molecule has 1 heterocycles. The largest absolute Gasteiger partial charge is 0.328 e. The summed E-state index contributed by atoms with van der Waals surface area (Å²) < 4.78 is 23.4. The van der Waals surface area contributed by atoms with E-state index in [0.717, 1.165) is 45.1 Å². The van der Waals surface area contributed by atoms with Gasteiger partial charge in [-0.3, -0.25) is 4.90 Å². The molecule has 18 heavy (non-hydrogen) atoms. The standard InChI is InChI=1S/C13H26N2O2S/c1-10-8-11(14)6-7-15(10)12-4-3-5-13(9-12)18(2,16)17/h10-13H,3-9,14H2,1-2H3. The summed E-state index contributed by atoms with van der Waals surface area (Å²) in [5.74, 6) is 0. The van der Waals surface area contributed by atoms with Crippen molar-refractivity contribution in [3.63, 3.8) is 0 Å². The molecule has 4 atom stereocenters. The molecule has 4 unspecified atom stereocenters. The summed E-state index contributed by atoms with van der Waals surface area (Å²) >= 11 is 0. The van der Waals surface area contributed by atoms with E-state index >= 15 is 0 Å². The number of nitrogens with two attached hydrogens (primary N) is 1. The van der Waals surface area contributed by atoms with Crippen molar-refractivity contribution in [2.24, 2.45) is 5.73 Å². The van der Waals surface area contributed by atoms with Gasteiger partial charge >= 0.3 is 0 Å². The summed E-state index contributed by atoms with van der Waals surface area (Å²) in [6, 6.07) is 1.27. The van der Waals surface area contributed by atoms with E-state index in [-0.39, 0.29) is 5.25 Å². The van der Waals surface area contributed by atoms with Gasteiger partial charge in [0, 0.05) is 30.9 Å². The van der Waals surface area contributed by atoms with Crippen molar-refractivity contribution < 1.29 is 8.42 Å². The second kappa shape index (κ2) is 5.47. The lowest BCUT2D eigenvalue weighted by atomic mass is 9.89. The highest BCUT2D eigenvalue weighted by Crippen LogP contribution is 2.30. The molecule has 0 amide bonds. The van der Waals surface area contributed by atoms with Crippen LogP contribution in [0.4, 0.5) is 0 Å². The second-order valence-electron chi connectivity index (χ2n) is 6.14. The van der Waals surface area contributed by atoms with Gasteiger partial charge in [-0.05, 0) is 39.0 Å². The average molecular weight is 274 g/mol. The van der Waals surface area contributed by atoms with Crippen LogP contribution >= 0.6 is 0 Å². The Balaban J connectivity index is 2.01. The minimum atomic E-state index is -2.88. The summed E-state index contributed by atoms with van der Waals surface area (Å²) in [5, 5.41) is -0.126. The SMILES string of the molecule is CC1CC(N)CCN1C1CCCC(S(C)(=O)=O)C1. The average Bonchev–Trinajstić information content (AvgIpc) is 2.28. The van der Waals surface area contributed by atoms with Crippen molar-refractivity contribution in [3.8, 4) is 0 Å². The number of hydrogen-bond donors (Lipinski definition) is 1. The molecule has 106 valence electrons. The molecule has 1 aliphatic heterocycles. The highest BCUT2D eigenvalue weighted by atomic mass is 32.2. The van der Waals surface area contributed by atoms with Gasteiger partial charge in [0.25, 0.3) is 0 Å². The van der Waals surface area contributed by atoms with Crippen LogP contribution in [0.1, 0.15) is 45.4 Å². The summed E-state index contributed by atoms with van der Waals surface area (Å²) in [7, 11) is -2.88. The second-order valence-corrected chi connectivity index (χ2v) is 8.47. The van der Waals surface area contributed by atoms with E-state index in [1.807, 2.05) is 0 Å². The number of piperidine rings is 1. The van der Waals surface area contributed by atoms with Crippen molar-refractivity contribution in [1.82, 2.24) is 4.90 Å². The molecule has 0 spiro atoms. The fourth-order valence-corrected chi connectivity index (χ4v) is 4.75. The Labute approximate surface area is 111 Å². The van der Waals surface area contributed by atoms with Gasteiger partial charge in [-0.25, -0.2) is 8.42 Å². The van der Waals surface area contributed by atoms with Crippen molar-refractivity contribution in [1.29, 1.82) is 0 Å². The fraction of sp³-hybridized carbons (Fsp3) is 1.00. The Kier molecular flexibility index (Phi) is 4.34. The van der Waals surface area contributed by atoms with Gasteiger partial charge in [-0.15, -0.1) is 0 Å². The zero-order chi connectivity index (χ0) is 13.3. The smallest absolute Gasteiger partial charge is 0.150 e. The Bertz CT molecular complexity index is 382. The third-order valence-corrected chi connectivity index (χ3v) is 6.28. The molecule has 1 saturated carbocycles. The van der Waals surface area contributed by atoms with Gasteiger partial charge in [0.1, 0.15) is 9.84 Å². The maximum absolute atomic E-state index is 11.7. The minimum absolute atomic E-state index is 0.126. The monoisotopic (exact) mass is 274 g/mol. The molecule has 1 saturated heterocycles. The summed E-state index contributed by atoms with van der Waals surface area (Å²) in [6.45, 7) is 3.26. The Morgan fingerprint density at radius 3 is 2.50 bits per heavy atom. The van der Waals surface area contributed by atoms with Gasteiger partial charge in [0.15, 0.2) is 0 Å². The van der Waals surface area contributed by atoms with Crippen molar-refractivity contribution in [3.05, 3.63) is 0 Å². The molecule has 0 aromatic rings. The van der Waals surface area contributed by atoms with Crippen molar-refractivity contribution in [2.45, 2.75) is 68.8 Å². The normalized spacial score (nSPS) is 39.7. The molecule has 4 nitrogen and oxygen atoms in total. The molecule has 0 aromatic carbocycles. The third-order valence-electron chi connectivity index (χ3n) is 4.64. The maximum Gasteiger partial charge on any atom is 0.150 e. The fourth-order valence-electron chi connectivity index (χ4n) is 3.58. The van der Waals surface area contributed by atoms with Crippen LogP contribution in [-0.2, 0) is 9.84 Å². The van der Waals surface area contributed by atoms with E-state index in [0.29, 0.717) is 18.1 Å². The van der Waals surface area contributed by atoms with Crippen LogP contribution < -0.4 is 5.73 Å². The molecular formula is C13H26N2O2S. The Morgan fingerprint density at radius 1 is 1.17 bits per heavy atom. The van der Waals surface area contributed by atoms with E-state index in [1.165, 1.54) is 6.26 Å². The predicted octanol–water partition coefficient (Wildman–Crippen LogP) is 1.15. The van der Waals surface area contributed by atoms with E-state index in [2.05, 4.69) is 11.8 Å². The molecule has 5 heteroatoms. The van der Waals surface area contributed by atoms with Gasteiger partial charge in [-0.2, -0.15) is 0 Å². The lowest BCUT2D eigenvalue weighted by molar-refractivity contribution is 0.0751. The third kappa shape index (κ3) is 3.25. The first-order chi connectivity index (χ1) is 8.38. The van der Waals surface area contributed by atoms with E-state index in [4.69, 9.17) is 5.73 Å². The van der Waals surface area contributed by atoms with Crippen LogP contribution in [0.2, 0.25) is 0 Å². The van der Waals surface area contributed by atoms with Crippen LogP contribution in [0.25, 0.3) is 0 Å². The Hall–Kier alpha value is -0.130. The number of sulfone groups is 1. The van der Waals surface area contributed by atoms with Gasteiger partial charge in [0.05, 0.1) is 5.25 Å². The lowest BCUT2D eigenvalue weighted by Crippen LogP contribution is -2.52. The lowest BCUT2D eigenvalue weighted by Gasteiger charge is -2.44. The number of nitrogens with zero attached hydrogens (tertiary/aromatic N) is 1. The first-order valence-electron chi connectivity index (χ1n) is 7.08. The van der Waals surface area contributed by atoms with Crippen LogP contribution in [-0.4, -0.2) is 49.5 Å². The molecule has 1 aliphatic carbocycles. The summed E-state index contributed by atoms with van der Waals surface area (Å²) in [6.07, 6.45) is 7.32. The summed E-state index contributed by atoms with van der Waals surface area (Å²) in [5.41, 5.74) is 5.99. The summed E-state index contributed by atoms with van der Waals surface area (Å²) in [4.78, 5) is 2.50. The molecule has 2 N–H and O–H groups in total. The number of rotatable bonds is 2. The molecule has 0 bridgehead atoms. The molecule has 2 rings (SSSR count). The number of hydrogen-bond acceptors (Lipinski definition) is 4.